The minimum atomic E-state index is 0.762. The van der Waals surface area contributed by atoms with Gasteiger partial charge in [0.05, 0.1) is 6.26 Å². The molecule has 0 unspecified atom stereocenters. The third kappa shape index (κ3) is 4.62. The van der Waals surface area contributed by atoms with Gasteiger partial charge in [0.25, 0.3) is 0 Å². The van der Waals surface area contributed by atoms with Crippen molar-refractivity contribution in [3.05, 3.63) is 146 Å². The maximum Gasteiger partial charge on any atom is 0.126 e. The van der Waals surface area contributed by atoms with Gasteiger partial charge in [-0.25, -0.2) is 0 Å². The number of hydrogen-bond acceptors (Lipinski definition) is 2. The van der Waals surface area contributed by atoms with E-state index in [1.807, 2.05) is 24.3 Å². The van der Waals surface area contributed by atoms with Crippen LogP contribution in [0.2, 0.25) is 0 Å². The quantitative estimate of drug-likeness (QED) is 0.235. The highest BCUT2D eigenvalue weighted by atomic mass is 16.5. The molecule has 5 aromatic rings. The van der Waals surface area contributed by atoms with E-state index in [1.165, 1.54) is 28.5 Å². The Labute approximate surface area is 201 Å². The molecule has 0 fully saturated rings. The lowest BCUT2D eigenvalue weighted by Gasteiger charge is -2.26. The van der Waals surface area contributed by atoms with Gasteiger partial charge < -0.3 is 9.64 Å². The van der Waals surface area contributed by atoms with E-state index in [2.05, 4.69) is 121 Å². The molecule has 0 bridgehead atoms. The van der Waals surface area contributed by atoms with Crippen molar-refractivity contribution in [1.29, 1.82) is 0 Å². The fourth-order valence-corrected chi connectivity index (χ4v) is 4.08. The van der Waals surface area contributed by atoms with Crippen molar-refractivity contribution in [3.63, 3.8) is 0 Å². The summed E-state index contributed by atoms with van der Waals surface area (Å²) in [6.45, 7) is 3.64. The van der Waals surface area contributed by atoms with Gasteiger partial charge in [-0.3, -0.25) is 0 Å². The highest BCUT2D eigenvalue weighted by Gasteiger charge is 2.13. The SMILES string of the molecule is C=COc1ccc(N(c2ccc(-c3ccccc3)cc2)c2ccc(-c3ccccc3)cc2)cc1. The van der Waals surface area contributed by atoms with Gasteiger partial charge >= 0.3 is 0 Å². The van der Waals surface area contributed by atoms with Gasteiger partial charge in [0.2, 0.25) is 0 Å². The van der Waals surface area contributed by atoms with Gasteiger partial charge in [-0.1, -0.05) is 91.5 Å². The van der Waals surface area contributed by atoms with E-state index in [0.29, 0.717) is 0 Å². The molecular formula is C32H25NO. The van der Waals surface area contributed by atoms with Gasteiger partial charge in [-0.2, -0.15) is 0 Å². The van der Waals surface area contributed by atoms with E-state index in [-0.39, 0.29) is 0 Å². The molecule has 2 heteroatoms. The Kier molecular flexibility index (Phi) is 6.22. The third-order valence-corrected chi connectivity index (χ3v) is 5.78. The number of ether oxygens (including phenoxy) is 1. The van der Waals surface area contributed by atoms with Gasteiger partial charge in [-0.15, -0.1) is 0 Å². The average Bonchev–Trinajstić information content (AvgIpc) is 2.92. The molecule has 2 nitrogen and oxygen atoms in total. The molecule has 0 N–H and O–H groups in total. The zero-order chi connectivity index (χ0) is 23.2. The second-order valence-electron chi connectivity index (χ2n) is 7.94. The molecule has 0 aliphatic rings. The van der Waals surface area contributed by atoms with E-state index in [4.69, 9.17) is 4.74 Å². The lowest BCUT2D eigenvalue weighted by molar-refractivity contribution is 0.483. The van der Waals surface area contributed by atoms with E-state index in [9.17, 15) is 0 Å². The van der Waals surface area contributed by atoms with Crippen LogP contribution in [0.25, 0.3) is 22.3 Å². The Hall–Kier alpha value is -4.56. The molecule has 5 aromatic carbocycles. The zero-order valence-corrected chi connectivity index (χ0v) is 18.8. The first kappa shape index (κ1) is 21.3. The summed E-state index contributed by atoms with van der Waals surface area (Å²) in [7, 11) is 0. The Morgan fingerprint density at radius 3 is 1.18 bits per heavy atom. The molecule has 0 heterocycles. The summed E-state index contributed by atoms with van der Waals surface area (Å²) in [5, 5.41) is 0. The van der Waals surface area contributed by atoms with Crippen molar-refractivity contribution >= 4 is 17.1 Å². The maximum atomic E-state index is 5.43. The second-order valence-corrected chi connectivity index (χ2v) is 7.94. The summed E-state index contributed by atoms with van der Waals surface area (Å²) >= 11 is 0. The number of nitrogens with zero attached hydrogens (tertiary/aromatic N) is 1. The van der Waals surface area contributed by atoms with Crippen LogP contribution in [0.1, 0.15) is 0 Å². The molecule has 0 saturated carbocycles. The Morgan fingerprint density at radius 2 is 0.794 bits per heavy atom. The molecule has 0 aliphatic carbocycles. The molecular weight excluding hydrogens is 414 g/mol. The van der Waals surface area contributed by atoms with Crippen molar-refractivity contribution in [3.8, 4) is 28.0 Å². The lowest BCUT2D eigenvalue weighted by Crippen LogP contribution is -2.09. The van der Waals surface area contributed by atoms with Gasteiger partial charge in [-0.05, 0) is 70.8 Å². The van der Waals surface area contributed by atoms with Crippen LogP contribution in [0.5, 0.6) is 5.75 Å². The Balaban J connectivity index is 1.53. The number of hydrogen-bond donors (Lipinski definition) is 0. The van der Waals surface area contributed by atoms with Crippen LogP contribution >= 0.6 is 0 Å². The fourth-order valence-electron chi connectivity index (χ4n) is 4.08. The van der Waals surface area contributed by atoms with E-state index in [1.54, 1.807) is 0 Å². The molecule has 0 aliphatic heterocycles. The first-order valence-electron chi connectivity index (χ1n) is 11.3. The Morgan fingerprint density at radius 1 is 0.441 bits per heavy atom. The molecule has 34 heavy (non-hydrogen) atoms. The second kappa shape index (κ2) is 9.93. The number of anilines is 3. The van der Waals surface area contributed by atoms with Crippen molar-refractivity contribution in [2.45, 2.75) is 0 Å². The monoisotopic (exact) mass is 439 g/mol. The largest absolute Gasteiger partial charge is 0.466 e. The van der Waals surface area contributed by atoms with Crippen LogP contribution in [-0.4, -0.2) is 0 Å². The van der Waals surface area contributed by atoms with Crippen LogP contribution in [0.15, 0.2) is 146 Å². The summed E-state index contributed by atoms with van der Waals surface area (Å²) < 4.78 is 5.43. The summed E-state index contributed by atoms with van der Waals surface area (Å²) in [6.07, 6.45) is 1.44. The van der Waals surface area contributed by atoms with Gasteiger partial charge in [0.15, 0.2) is 0 Å². The average molecular weight is 440 g/mol. The predicted molar refractivity (Wildman–Crippen MR) is 143 cm³/mol. The van der Waals surface area contributed by atoms with Gasteiger partial charge in [0, 0.05) is 17.1 Å². The smallest absolute Gasteiger partial charge is 0.126 e. The van der Waals surface area contributed by atoms with Crippen LogP contribution in [-0.2, 0) is 0 Å². The topological polar surface area (TPSA) is 12.5 Å². The molecule has 0 radical (unpaired) electrons. The molecule has 0 saturated heterocycles. The van der Waals surface area contributed by atoms with Crippen molar-refractivity contribution in [2.24, 2.45) is 0 Å². The summed E-state index contributed by atoms with van der Waals surface area (Å²) in [4.78, 5) is 2.25. The minimum Gasteiger partial charge on any atom is -0.466 e. The van der Waals surface area contributed by atoms with E-state index >= 15 is 0 Å². The van der Waals surface area contributed by atoms with Crippen molar-refractivity contribution < 1.29 is 4.74 Å². The van der Waals surface area contributed by atoms with Crippen LogP contribution < -0.4 is 9.64 Å². The number of rotatable bonds is 7. The van der Waals surface area contributed by atoms with Crippen molar-refractivity contribution in [2.75, 3.05) is 4.90 Å². The van der Waals surface area contributed by atoms with Crippen LogP contribution in [0.3, 0.4) is 0 Å². The van der Waals surface area contributed by atoms with E-state index in [0.717, 1.165) is 22.8 Å². The summed E-state index contributed by atoms with van der Waals surface area (Å²) in [6, 6.07) is 46.3. The normalized spacial score (nSPS) is 10.5. The van der Waals surface area contributed by atoms with Crippen LogP contribution in [0.4, 0.5) is 17.1 Å². The predicted octanol–water partition coefficient (Wildman–Crippen LogP) is 9.01. The lowest BCUT2D eigenvalue weighted by atomic mass is 10.0. The number of benzene rings is 5. The third-order valence-electron chi connectivity index (χ3n) is 5.78. The molecule has 5 rings (SSSR count). The molecule has 0 aromatic heterocycles. The summed E-state index contributed by atoms with van der Waals surface area (Å²) in [5.41, 5.74) is 8.03. The molecule has 0 atom stereocenters. The minimum absolute atomic E-state index is 0.762. The molecule has 0 spiro atoms. The van der Waals surface area contributed by atoms with Gasteiger partial charge in [0.1, 0.15) is 5.75 Å². The van der Waals surface area contributed by atoms with Crippen molar-refractivity contribution in [1.82, 2.24) is 0 Å². The van der Waals surface area contributed by atoms with E-state index < -0.39 is 0 Å². The summed E-state index contributed by atoms with van der Waals surface area (Å²) in [5.74, 6) is 0.762. The van der Waals surface area contributed by atoms with Crippen LogP contribution in [0, 0.1) is 0 Å². The Bertz CT molecular complexity index is 1260. The zero-order valence-electron chi connectivity index (χ0n) is 18.8. The maximum absolute atomic E-state index is 5.43. The molecule has 164 valence electrons. The molecule has 0 amide bonds. The first-order valence-corrected chi connectivity index (χ1v) is 11.3. The highest BCUT2D eigenvalue weighted by molar-refractivity contribution is 5.80. The standard InChI is InChI=1S/C32H25NO/c1-2-34-32-23-21-31(22-24-32)33(29-17-13-27(14-18-29)25-9-5-3-6-10-25)30-19-15-28(16-20-30)26-11-7-4-8-12-26/h2-24H,1H2. The highest BCUT2D eigenvalue weighted by Crippen LogP contribution is 2.37. The fraction of sp³-hybridized carbons (Fsp3) is 0. The first-order chi connectivity index (χ1) is 16.8.